The molecule has 35 heavy (non-hydrogen) atoms. The van der Waals surface area contributed by atoms with Gasteiger partial charge in [-0.1, -0.05) is 36.7 Å². The highest BCUT2D eigenvalue weighted by Crippen LogP contribution is 2.45. The SMILES string of the molecule is CCCOCCOc1ccc(S(=O)(=O)C2=C(C)NC(C)=C(C(=O)OC)C2c2ccccc2Cl)cc1. The molecular formula is C26H30ClNO6S. The molecule has 0 spiro atoms. The maximum atomic E-state index is 13.9. The molecule has 0 aromatic heterocycles. The molecule has 3 rings (SSSR count). The molecule has 2 aromatic carbocycles. The van der Waals surface area contributed by atoms with Gasteiger partial charge in [-0.25, -0.2) is 13.2 Å². The van der Waals surface area contributed by atoms with Gasteiger partial charge in [-0.15, -0.1) is 0 Å². The van der Waals surface area contributed by atoms with E-state index in [4.69, 9.17) is 25.8 Å². The number of dihydropyridines is 1. The normalized spacial score (nSPS) is 16.2. The quantitative estimate of drug-likeness (QED) is 0.349. The van der Waals surface area contributed by atoms with Crippen LogP contribution in [-0.2, 0) is 24.1 Å². The molecule has 1 atom stereocenters. The Hall–Kier alpha value is -2.81. The summed E-state index contributed by atoms with van der Waals surface area (Å²) < 4.78 is 43.9. The second-order valence-electron chi connectivity index (χ2n) is 8.03. The highest BCUT2D eigenvalue weighted by atomic mass is 35.5. The predicted octanol–water partition coefficient (Wildman–Crippen LogP) is 4.98. The van der Waals surface area contributed by atoms with E-state index in [0.717, 1.165) is 6.42 Å². The van der Waals surface area contributed by atoms with Gasteiger partial charge in [0.05, 0.1) is 35.0 Å². The summed E-state index contributed by atoms with van der Waals surface area (Å²) in [7, 11) is -2.77. The summed E-state index contributed by atoms with van der Waals surface area (Å²) in [6, 6.07) is 13.1. The first-order valence-electron chi connectivity index (χ1n) is 11.3. The number of hydrogen-bond donors (Lipinski definition) is 1. The van der Waals surface area contributed by atoms with Crippen LogP contribution in [0.3, 0.4) is 0 Å². The fourth-order valence-electron chi connectivity index (χ4n) is 4.02. The molecule has 2 aromatic rings. The Morgan fingerprint density at radius 2 is 1.69 bits per heavy atom. The third kappa shape index (κ3) is 5.89. The zero-order chi connectivity index (χ0) is 25.6. The minimum absolute atomic E-state index is 0.0400. The van der Waals surface area contributed by atoms with Crippen molar-refractivity contribution in [1.29, 1.82) is 0 Å². The first kappa shape index (κ1) is 26.8. The average Bonchev–Trinajstić information content (AvgIpc) is 2.83. The van der Waals surface area contributed by atoms with Crippen molar-refractivity contribution < 1.29 is 27.4 Å². The Balaban J connectivity index is 2.01. The van der Waals surface area contributed by atoms with Gasteiger partial charge in [-0.2, -0.15) is 0 Å². The molecule has 9 heteroatoms. The zero-order valence-corrected chi connectivity index (χ0v) is 21.8. The van der Waals surface area contributed by atoms with Crippen LogP contribution in [0, 0.1) is 0 Å². The van der Waals surface area contributed by atoms with Gasteiger partial charge in [0.1, 0.15) is 12.4 Å². The number of halogens is 1. The minimum atomic E-state index is -4.04. The molecule has 1 N–H and O–H groups in total. The summed E-state index contributed by atoms with van der Waals surface area (Å²) in [5.74, 6) is -1.03. The smallest absolute Gasteiger partial charge is 0.336 e. The third-order valence-electron chi connectivity index (χ3n) is 5.59. The second kappa shape index (κ2) is 11.7. The number of rotatable bonds is 10. The first-order valence-corrected chi connectivity index (χ1v) is 13.2. The molecule has 1 aliphatic rings. The van der Waals surface area contributed by atoms with Gasteiger partial charge in [-0.05, 0) is 56.2 Å². The lowest BCUT2D eigenvalue weighted by Gasteiger charge is -2.31. The molecule has 0 radical (unpaired) electrons. The summed E-state index contributed by atoms with van der Waals surface area (Å²) in [6.07, 6.45) is 0.929. The Kier molecular flexibility index (Phi) is 8.99. The fraction of sp³-hybridized carbons (Fsp3) is 0.346. The summed E-state index contributed by atoms with van der Waals surface area (Å²) in [5.41, 5.74) is 1.61. The van der Waals surface area contributed by atoms with Crippen molar-refractivity contribution in [3.8, 4) is 5.75 Å². The Labute approximate surface area is 211 Å². The molecule has 1 aliphatic heterocycles. The van der Waals surface area contributed by atoms with Crippen molar-refractivity contribution in [2.24, 2.45) is 0 Å². The lowest BCUT2D eigenvalue weighted by molar-refractivity contribution is -0.136. The van der Waals surface area contributed by atoms with E-state index in [1.807, 2.05) is 6.92 Å². The maximum Gasteiger partial charge on any atom is 0.336 e. The number of ether oxygens (including phenoxy) is 3. The first-order chi connectivity index (χ1) is 16.7. The standard InChI is InChI=1S/C26H30ClNO6S/c1-5-14-33-15-16-34-19-10-12-20(13-11-19)35(30,31)25-18(3)28-17(2)23(26(29)32-4)24(25)21-8-6-7-9-22(21)27/h6-13,24,28H,5,14-16H2,1-4H3. The third-order valence-corrected chi connectivity index (χ3v) is 7.95. The molecule has 0 aliphatic carbocycles. The van der Waals surface area contributed by atoms with Crippen molar-refractivity contribution in [2.45, 2.75) is 38.0 Å². The minimum Gasteiger partial charge on any atom is -0.491 e. The molecule has 0 saturated carbocycles. The van der Waals surface area contributed by atoms with E-state index < -0.39 is 21.7 Å². The summed E-state index contributed by atoms with van der Waals surface area (Å²) in [4.78, 5) is 12.9. The number of benzene rings is 2. The van der Waals surface area contributed by atoms with E-state index in [-0.39, 0.29) is 15.4 Å². The van der Waals surface area contributed by atoms with Crippen molar-refractivity contribution in [3.63, 3.8) is 0 Å². The highest BCUT2D eigenvalue weighted by molar-refractivity contribution is 7.95. The van der Waals surface area contributed by atoms with Gasteiger partial charge in [-0.3, -0.25) is 0 Å². The number of sulfone groups is 1. The topological polar surface area (TPSA) is 90.9 Å². The molecule has 0 fully saturated rings. The predicted molar refractivity (Wildman–Crippen MR) is 135 cm³/mol. The van der Waals surface area contributed by atoms with Gasteiger partial charge in [0.15, 0.2) is 0 Å². The summed E-state index contributed by atoms with van der Waals surface area (Å²) >= 11 is 6.49. The van der Waals surface area contributed by atoms with Crippen molar-refractivity contribution in [1.82, 2.24) is 5.32 Å². The van der Waals surface area contributed by atoms with Gasteiger partial charge in [0.2, 0.25) is 9.84 Å². The van der Waals surface area contributed by atoms with E-state index >= 15 is 0 Å². The lowest BCUT2D eigenvalue weighted by Crippen LogP contribution is -2.31. The van der Waals surface area contributed by atoms with Crippen LogP contribution in [0.4, 0.5) is 0 Å². The summed E-state index contributed by atoms with van der Waals surface area (Å²) in [6.45, 7) is 6.88. The van der Waals surface area contributed by atoms with Crippen LogP contribution in [0.2, 0.25) is 5.02 Å². The van der Waals surface area contributed by atoms with Crippen LogP contribution in [0.1, 0.15) is 38.7 Å². The summed E-state index contributed by atoms with van der Waals surface area (Å²) in [5, 5.41) is 3.39. The Bertz CT molecular complexity index is 1230. The number of methoxy groups -OCH3 is 1. The molecule has 7 nitrogen and oxygen atoms in total. The maximum absolute atomic E-state index is 13.9. The van der Waals surface area contributed by atoms with E-state index in [0.29, 0.717) is 47.6 Å². The van der Waals surface area contributed by atoms with Crippen molar-refractivity contribution in [2.75, 3.05) is 26.9 Å². The highest BCUT2D eigenvalue weighted by Gasteiger charge is 2.41. The monoisotopic (exact) mass is 519 g/mol. The van der Waals surface area contributed by atoms with Crippen LogP contribution in [0.5, 0.6) is 5.75 Å². The van der Waals surface area contributed by atoms with Crippen molar-refractivity contribution >= 4 is 27.4 Å². The van der Waals surface area contributed by atoms with E-state index in [2.05, 4.69) is 5.32 Å². The Morgan fingerprint density at radius 3 is 2.31 bits per heavy atom. The van der Waals surface area contributed by atoms with Crippen LogP contribution >= 0.6 is 11.6 Å². The molecule has 0 saturated heterocycles. The van der Waals surface area contributed by atoms with Gasteiger partial charge in [0, 0.05) is 23.0 Å². The van der Waals surface area contributed by atoms with E-state index in [9.17, 15) is 13.2 Å². The zero-order valence-electron chi connectivity index (χ0n) is 20.3. The number of hydrogen-bond acceptors (Lipinski definition) is 7. The fourth-order valence-corrected chi connectivity index (χ4v) is 6.03. The molecule has 1 heterocycles. The number of esters is 1. The van der Waals surface area contributed by atoms with Crippen LogP contribution in [0.15, 0.2) is 75.3 Å². The lowest BCUT2D eigenvalue weighted by atomic mass is 9.86. The molecule has 188 valence electrons. The van der Waals surface area contributed by atoms with Crippen LogP contribution < -0.4 is 10.1 Å². The largest absolute Gasteiger partial charge is 0.491 e. The van der Waals surface area contributed by atoms with Crippen LogP contribution in [0.25, 0.3) is 0 Å². The number of allylic oxidation sites excluding steroid dienone is 3. The molecule has 1 unspecified atom stereocenters. The Morgan fingerprint density at radius 1 is 1.00 bits per heavy atom. The van der Waals surface area contributed by atoms with E-state index in [1.54, 1.807) is 50.2 Å². The van der Waals surface area contributed by atoms with Gasteiger partial charge < -0.3 is 19.5 Å². The van der Waals surface area contributed by atoms with Gasteiger partial charge >= 0.3 is 5.97 Å². The number of carbonyl (C=O) groups excluding carboxylic acids is 1. The second-order valence-corrected chi connectivity index (χ2v) is 10.4. The molecule has 0 bridgehead atoms. The average molecular weight is 520 g/mol. The van der Waals surface area contributed by atoms with E-state index in [1.165, 1.54) is 19.2 Å². The number of carbonyl (C=O) groups is 1. The van der Waals surface area contributed by atoms with Crippen LogP contribution in [-0.4, -0.2) is 41.3 Å². The number of nitrogens with one attached hydrogen (secondary N) is 1. The van der Waals surface area contributed by atoms with Crippen molar-refractivity contribution in [3.05, 3.63) is 81.0 Å². The van der Waals surface area contributed by atoms with Gasteiger partial charge in [0.25, 0.3) is 0 Å². The molecule has 0 amide bonds. The molecular weight excluding hydrogens is 490 g/mol.